The van der Waals surface area contributed by atoms with E-state index in [-0.39, 0.29) is 16.8 Å². The summed E-state index contributed by atoms with van der Waals surface area (Å²) in [6, 6.07) is 9.55. The Hall–Kier alpha value is -3.02. The number of nitro benzene ring substituents is 1. The van der Waals surface area contributed by atoms with Crippen LogP contribution in [-0.4, -0.2) is 15.7 Å². The summed E-state index contributed by atoms with van der Waals surface area (Å²) in [5.41, 5.74) is 0.941. The molecule has 0 aliphatic carbocycles. The molecule has 0 radical (unpaired) electrons. The highest BCUT2D eigenvalue weighted by Gasteiger charge is 2.17. The van der Waals surface area contributed by atoms with Crippen LogP contribution in [0, 0.1) is 15.9 Å². The van der Waals surface area contributed by atoms with Crippen LogP contribution in [0.25, 0.3) is 10.9 Å². The number of halogens is 1. The predicted octanol–water partition coefficient (Wildman–Crippen LogP) is 3.45. The maximum atomic E-state index is 13.3. The summed E-state index contributed by atoms with van der Waals surface area (Å²) < 4.78 is 13.3. The van der Waals surface area contributed by atoms with Gasteiger partial charge in [-0.25, -0.2) is 4.39 Å². The topological polar surface area (TPSA) is 76.0 Å². The van der Waals surface area contributed by atoms with Crippen LogP contribution in [0.15, 0.2) is 48.7 Å². The number of non-ortho nitro benzene ring substituents is 1. The Morgan fingerprint density at radius 2 is 2.00 bits per heavy atom. The van der Waals surface area contributed by atoms with Crippen molar-refractivity contribution in [1.82, 2.24) is 4.98 Å². The van der Waals surface area contributed by atoms with E-state index < -0.39 is 16.5 Å². The molecular weight excluding hydrogens is 275 g/mol. The van der Waals surface area contributed by atoms with Gasteiger partial charge in [0.15, 0.2) is 5.78 Å². The molecule has 0 aliphatic rings. The molecule has 2 aromatic carbocycles. The van der Waals surface area contributed by atoms with Crippen molar-refractivity contribution in [1.29, 1.82) is 0 Å². The van der Waals surface area contributed by atoms with E-state index in [2.05, 4.69) is 4.98 Å². The fraction of sp³-hybridized carbons (Fsp3) is 0. The number of carbonyl (C=O) groups is 1. The number of H-pyrrole nitrogens is 1. The van der Waals surface area contributed by atoms with Gasteiger partial charge < -0.3 is 4.98 Å². The number of ketones is 1. The van der Waals surface area contributed by atoms with E-state index in [1.165, 1.54) is 48.7 Å². The fourth-order valence-corrected chi connectivity index (χ4v) is 2.20. The SMILES string of the molecule is O=C(c1cccc([N+](=O)[O-])c1)c1c[nH]c2ccc(F)cc12. The van der Waals surface area contributed by atoms with E-state index in [4.69, 9.17) is 0 Å². The summed E-state index contributed by atoms with van der Waals surface area (Å²) in [4.78, 5) is 25.5. The van der Waals surface area contributed by atoms with E-state index in [1.807, 2.05) is 0 Å². The van der Waals surface area contributed by atoms with Crippen molar-refractivity contribution in [3.05, 3.63) is 75.7 Å². The van der Waals surface area contributed by atoms with Crippen LogP contribution in [0.5, 0.6) is 0 Å². The zero-order chi connectivity index (χ0) is 15.0. The second-order valence-corrected chi connectivity index (χ2v) is 4.53. The molecular formula is C15H9FN2O3. The standard InChI is InChI=1S/C15H9FN2O3/c16-10-4-5-14-12(7-10)13(8-17-14)15(19)9-2-1-3-11(6-9)18(20)21/h1-8,17H. The van der Waals surface area contributed by atoms with E-state index >= 15 is 0 Å². The molecule has 6 heteroatoms. The lowest BCUT2D eigenvalue weighted by molar-refractivity contribution is -0.384. The molecule has 3 aromatic rings. The number of carbonyl (C=O) groups excluding carboxylic acids is 1. The molecule has 3 rings (SSSR count). The van der Waals surface area contributed by atoms with Gasteiger partial charge >= 0.3 is 0 Å². The first-order chi connectivity index (χ1) is 10.1. The maximum absolute atomic E-state index is 13.3. The third kappa shape index (κ3) is 2.27. The Kier molecular flexibility index (Phi) is 2.98. The number of rotatable bonds is 3. The Bertz CT molecular complexity index is 870. The van der Waals surface area contributed by atoms with E-state index in [9.17, 15) is 19.3 Å². The molecule has 0 saturated heterocycles. The normalized spacial score (nSPS) is 10.7. The number of benzene rings is 2. The van der Waals surface area contributed by atoms with Crippen LogP contribution in [0.4, 0.5) is 10.1 Å². The first kappa shape index (κ1) is 13.0. The highest BCUT2D eigenvalue weighted by molar-refractivity contribution is 6.16. The monoisotopic (exact) mass is 284 g/mol. The van der Waals surface area contributed by atoms with Gasteiger partial charge in [0.1, 0.15) is 5.82 Å². The molecule has 1 heterocycles. The minimum atomic E-state index is -0.564. The lowest BCUT2D eigenvalue weighted by atomic mass is 10.0. The van der Waals surface area contributed by atoms with E-state index in [1.54, 1.807) is 0 Å². The Morgan fingerprint density at radius 3 is 2.76 bits per heavy atom. The molecule has 0 unspecified atom stereocenters. The van der Waals surface area contributed by atoms with Gasteiger partial charge in [-0.1, -0.05) is 12.1 Å². The lowest BCUT2D eigenvalue weighted by Gasteiger charge is -2.00. The van der Waals surface area contributed by atoms with Crippen LogP contribution < -0.4 is 0 Å². The average molecular weight is 284 g/mol. The van der Waals surface area contributed by atoms with Crippen molar-refractivity contribution in [3.63, 3.8) is 0 Å². The zero-order valence-electron chi connectivity index (χ0n) is 10.7. The largest absolute Gasteiger partial charge is 0.360 e. The van der Waals surface area contributed by atoms with E-state index in [0.29, 0.717) is 10.9 Å². The molecule has 0 aliphatic heterocycles. The van der Waals surface area contributed by atoms with Gasteiger partial charge in [-0.15, -0.1) is 0 Å². The van der Waals surface area contributed by atoms with Crippen molar-refractivity contribution in [2.45, 2.75) is 0 Å². The summed E-state index contributed by atoms with van der Waals surface area (Å²) in [5.74, 6) is -0.842. The number of nitro groups is 1. The van der Waals surface area contributed by atoms with E-state index in [0.717, 1.165) is 0 Å². The predicted molar refractivity (Wildman–Crippen MR) is 74.8 cm³/mol. The van der Waals surface area contributed by atoms with Gasteiger partial charge in [-0.05, 0) is 18.2 Å². The van der Waals surface area contributed by atoms with Gasteiger partial charge in [-0.2, -0.15) is 0 Å². The Labute approximate surface area is 118 Å². The first-order valence-corrected chi connectivity index (χ1v) is 6.12. The molecule has 0 bridgehead atoms. The zero-order valence-corrected chi connectivity index (χ0v) is 10.7. The first-order valence-electron chi connectivity index (χ1n) is 6.12. The highest BCUT2D eigenvalue weighted by Crippen LogP contribution is 2.23. The molecule has 0 spiro atoms. The lowest BCUT2D eigenvalue weighted by Crippen LogP contribution is -2.01. The third-order valence-corrected chi connectivity index (χ3v) is 3.21. The number of fused-ring (bicyclic) bond motifs is 1. The summed E-state index contributed by atoms with van der Waals surface area (Å²) in [6.45, 7) is 0. The average Bonchev–Trinajstić information content (AvgIpc) is 2.89. The smallest absolute Gasteiger partial charge is 0.270 e. The number of nitrogens with zero attached hydrogens (tertiary/aromatic N) is 1. The van der Waals surface area contributed by atoms with Crippen LogP contribution in [0.2, 0.25) is 0 Å². The van der Waals surface area contributed by atoms with Crippen molar-refractivity contribution < 1.29 is 14.1 Å². The summed E-state index contributed by atoms with van der Waals surface area (Å²) in [6.07, 6.45) is 1.48. The summed E-state index contributed by atoms with van der Waals surface area (Å²) >= 11 is 0. The molecule has 0 fully saturated rings. The van der Waals surface area contributed by atoms with Gasteiger partial charge in [0.05, 0.1) is 4.92 Å². The number of hydrogen-bond acceptors (Lipinski definition) is 3. The van der Waals surface area contributed by atoms with Crippen LogP contribution in [-0.2, 0) is 0 Å². The molecule has 0 saturated carbocycles. The van der Waals surface area contributed by atoms with Crippen molar-refractivity contribution in [2.24, 2.45) is 0 Å². The van der Waals surface area contributed by atoms with Crippen LogP contribution in [0.3, 0.4) is 0 Å². The van der Waals surface area contributed by atoms with Gasteiger partial charge in [0, 0.05) is 40.4 Å². The van der Waals surface area contributed by atoms with Crippen molar-refractivity contribution in [2.75, 3.05) is 0 Å². The van der Waals surface area contributed by atoms with Crippen LogP contribution in [0.1, 0.15) is 15.9 Å². The Morgan fingerprint density at radius 1 is 1.19 bits per heavy atom. The van der Waals surface area contributed by atoms with Crippen molar-refractivity contribution in [3.8, 4) is 0 Å². The minimum absolute atomic E-state index is 0.160. The molecule has 1 N–H and O–H groups in total. The number of aromatic nitrogens is 1. The molecule has 104 valence electrons. The van der Waals surface area contributed by atoms with Crippen molar-refractivity contribution >= 4 is 22.4 Å². The molecule has 0 atom stereocenters. The summed E-state index contributed by atoms with van der Waals surface area (Å²) in [7, 11) is 0. The number of aromatic amines is 1. The van der Waals surface area contributed by atoms with Gasteiger partial charge in [-0.3, -0.25) is 14.9 Å². The Balaban J connectivity index is 2.10. The quantitative estimate of drug-likeness (QED) is 0.454. The third-order valence-electron chi connectivity index (χ3n) is 3.21. The highest BCUT2D eigenvalue weighted by atomic mass is 19.1. The van der Waals surface area contributed by atoms with Gasteiger partial charge in [0.2, 0.25) is 0 Å². The molecule has 0 amide bonds. The molecule has 5 nitrogen and oxygen atoms in total. The maximum Gasteiger partial charge on any atom is 0.270 e. The summed E-state index contributed by atoms with van der Waals surface area (Å²) in [5, 5.41) is 11.2. The van der Waals surface area contributed by atoms with Gasteiger partial charge in [0.25, 0.3) is 5.69 Å². The number of hydrogen-bond donors (Lipinski definition) is 1. The molecule has 21 heavy (non-hydrogen) atoms. The molecule has 1 aromatic heterocycles. The fourth-order valence-electron chi connectivity index (χ4n) is 2.20. The van der Waals surface area contributed by atoms with Crippen LogP contribution >= 0.6 is 0 Å². The number of nitrogens with one attached hydrogen (secondary N) is 1. The minimum Gasteiger partial charge on any atom is -0.360 e. The second kappa shape index (κ2) is 4.82. The second-order valence-electron chi connectivity index (χ2n) is 4.53.